The first-order valence-electron chi connectivity index (χ1n) is 11.6. The van der Waals surface area contributed by atoms with Crippen LogP contribution >= 0.6 is 0 Å². The number of amides is 2. The van der Waals surface area contributed by atoms with Crippen LogP contribution in [0.4, 0.5) is 0 Å². The van der Waals surface area contributed by atoms with Crippen LogP contribution < -0.4 is 5.32 Å². The van der Waals surface area contributed by atoms with Crippen LogP contribution in [-0.2, 0) is 22.4 Å². The number of hydrogen-bond acceptors (Lipinski definition) is 3. The number of carbonyl (C=O) groups excluding carboxylic acids is 2. The number of carbonyl (C=O) groups is 2. The van der Waals surface area contributed by atoms with E-state index in [-0.39, 0.29) is 11.8 Å². The van der Waals surface area contributed by atoms with Crippen LogP contribution in [0.1, 0.15) is 56.1 Å². The molecule has 0 saturated carbocycles. The zero-order valence-electron chi connectivity index (χ0n) is 17.6. The van der Waals surface area contributed by atoms with E-state index in [1.165, 1.54) is 24.0 Å². The molecule has 5 heteroatoms. The van der Waals surface area contributed by atoms with E-state index in [1.54, 1.807) is 0 Å². The molecule has 158 valence electrons. The molecule has 3 aliphatic rings. The molecule has 1 aromatic carbocycles. The van der Waals surface area contributed by atoms with Crippen molar-refractivity contribution in [2.24, 2.45) is 5.92 Å². The van der Waals surface area contributed by atoms with Crippen LogP contribution in [0.3, 0.4) is 0 Å². The normalized spacial score (nSPS) is 25.2. The van der Waals surface area contributed by atoms with Gasteiger partial charge in [0.1, 0.15) is 0 Å². The number of rotatable bonds is 1. The van der Waals surface area contributed by atoms with Gasteiger partial charge < -0.3 is 10.2 Å². The monoisotopic (exact) mass is 397 g/mol. The van der Waals surface area contributed by atoms with Crippen molar-refractivity contribution in [1.82, 2.24) is 15.1 Å². The molecule has 29 heavy (non-hydrogen) atoms. The molecule has 0 radical (unpaired) electrons. The quantitative estimate of drug-likeness (QED) is 0.793. The highest BCUT2D eigenvalue weighted by Crippen LogP contribution is 2.28. The van der Waals surface area contributed by atoms with E-state index in [1.807, 2.05) is 0 Å². The average molecular weight is 398 g/mol. The molecule has 1 N–H and O–H groups in total. The number of piperidine rings is 1. The van der Waals surface area contributed by atoms with Crippen molar-refractivity contribution >= 4 is 11.8 Å². The van der Waals surface area contributed by atoms with Crippen LogP contribution in [0.5, 0.6) is 0 Å². The largest absolute Gasteiger partial charge is 0.356 e. The molecule has 2 aliphatic heterocycles. The van der Waals surface area contributed by atoms with E-state index in [9.17, 15) is 9.59 Å². The fourth-order valence-electron chi connectivity index (χ4n) is 5.32. The molecule has 0 aromatic heterocycles. The molecule has 4 rings (SSSR count). The Kier molecular flexibility index (Phi) is 6.86. The highest BCUT2D eigenvalue weighted by atomic mass is 16.2. The molecule has 2 fully saturated rings. The third kappa shape index (κ3) is 5.19. The standard InChI is InChI=1S/C24H35N3O2/c28-23-18-22-10-3-5-12-26(22)14-7-15-27(13-6-4-11-25-23)24(29)21-16-19-8-1-2-9-20(19)17-21/h1-2,8-9,21-22H,3-7,10-18H2,(H,25,28). The minimum Gasteiger partial charge on any atom is -0.356 e. The molecule has 1 unspecified atom stereocenters. The van der Waals surface area contributed by atoms with Crippen molar-refractivity contribution < 1.29 is 9.59 Å². The molecule has 0 spiro atoms. The van der Waals surface area contributed by atoms with Crippen molar-refractivity contribution in [3.63, 3.8) is 0 Å². The predicted octanol–water partition coefficient (Wildman–Crippen LogP) is 2.77. The lowest BCUT2D eigenvalue weighted by molar-refractivity contribution is -0.135. The number of hydrogen-bond donors (Lipinski definition) is 1. The van der Waals surface area contributed by atoms with Crippen molar-refractivity contribution in [2.45, 2.75) is 63.8 Å². The maximum Gasteiger partial charge on any atom is 0.226 e. The van der Waals surface area contributed by atoms with Gasteiger partial charge in [0.25, 0.3) is 0 Å². The van der Waals surface area contributed by atoms with Crippen LogP contribution in [0, 0.1) is 5.92 Å². The fourth-order valence-corrected chi connectivity index (χ4v) is 5.32. The molecule has 2 amide bonds. The topological polar surface area (TPSA) is 52.7 Å². The maximum absolute atomic E-state index is 13.3. The Bertz CT molecular complexity index is 695. The lowest BCUT2D eigenvalue weighted by Crippen LogP contribution is -2.44. The predicted molar refractivity (Wildman–Crippen MR) is 115 cm³/mol. The summed E-state index contributed by atoms with van der Waals surface area (Å²) in [7, 11) is 0. The fraction of sp³-hybridized carbons (Fsp3) is 0.667. The molecule has 2 saturated heterocycles. The summed E-state index contributed by atoms with van der Waals surface area (Å²) in [5, 5.41) is 3.10. The lowest BCUT2D eigenvalue weighted by atomic mass is 9.98. The van der Waals surface area contributed by atoms with Gasteiger partial charge in [-0.05, 0) is 62.6 Å². The summed E-state index contributed by atoms with van der Waals surface area (Å²) in [6.07, 6.45) is 8.87. The van der Waals surface area contributed by atoms with Gasteiger partial charge in [-0.1, -0.05) is 30.7 Å². The van der Waals surface area contributed by atoms with E-state index in [4.69, 9.17) is 0 Å². The molecular formula is C24H35N3O2. The van der Waals surface area contributed by atoms with E-state index >= 15 is 0 Å². The molecule has 0 bridgehead atoms. The Morgan fingerprint density at radius 1 is 0.862 bits per heavy atom. The van der Waals surface area contributed by atoms with Crippen LogP contribution in [0.25, 0.3) is 0 Å². The Morgan fingerprint density at radius 2 is 1.55 bits per heavy atom. The summed E-state index contributed by atoms with van der Waals surface area (Å²) in [4.78, 5) is 30.2. The Hall–Kier alpha value is -1.88. The summed E-state index contributed by atoms with van der Waals surface area (Å²) in [5.74, 6) is 0.624. The number of nitrogens with one attached hydrogen (secondary N) is 1. The van der Waals surface area contributed by atoms with E-state index in [0.29, 0.717) is 18.4 Å². The van der Waals surface area contributed by atoms with E-state index in [2.05, 4.69) is 39.4 Å². The van der Waals surface area contributed by atoms with Gasteiger partial charge in [0.05, 0.1) is 0 Å². The van der Waals surface area contributed by atoms with Gasteiger partial charge in [0, 0.05) is 44.6 Å². The Morgan fingerprint density at radius 3 is 2.34 bits per heavy atom. The zero-order chi connectivity index (χ0) is 20.1. The lowest BCUT2D eigenvalue weighted by Gasteiger charge is -2.36. The van der Waals surface area contributed by atoms with Gasteiger partial charge in [0.2, 0.25) is 11.8 Å². The van der Waals surface area contributed by atoms with Gasteiger partial charge in [0.15, 0.2) is 0 Å². The number of benzene rings is 1. The summed E-state index contributed by atoms with van der Waals surface area (Å²) in [5.41, 5.74) is 2.69. The second-order valence-corrected chi connectivity index (χ2v) is 9.00. The highest BCUT2D eigenvalue weighted by molar-refractivity contribution is 5.80. The van der Waals surface area contributed by atoms with Gasteiger partial charge >= 0.3 is 0 Å². The van der Waals surface area contributed by atoms with Crippen LogP contribution in [-0.4, -0.2) is 60.4 Å². The highest BCUT2D eigenvalue weighted by Gasteiger charge is 2.31. The van der Waals surface area contributed by atoms with Gasteiger partial charge in [-0.2, -0.15) is 0 Å². The average Bonchev–Trinajstić information content (AvgIpc) is 3.17. The van der Waals surface area contributed by atoms with Gasteiger partial charge in [-0.25, -0.2) is 0 Å². The van der Waals surface area contributed by atoms with E-state index in [0.717, 1.165) is 71.2 Å². The van der Waals surface area contributed by atoms with Crippen molar-refractivity contribution in [3.8, 4) is 0 Å². The molecular weight excluding hydrogens is 362 g/mol. The smallest absolute Gasteiger partial charge is 0.226 e. The van der Waals surface area contributed by atoms with Gasteiger partial charge in [-0.15, -0.1) is 0 Å². The first-order chi connectivity index (χ1) is 14.2. The Labute approximate surface area is 174 Å². The van der Waals surface area contributed by atoms with Crippen molar-refractivity contribution in [1.29, 1.82) is 0 Å². The number of fused-ring (bicyclic) bond motifs is 2. The first kappa shape index (κ1) is 20.4. The minimum atomic E-state index is 0.102. The van der Waals surface area contributed by atoms with Gasteiger partial charge in [-0.3, -0.25) is 14.5 Å². The minimum absolute atomic E-state index is 0.102. The van der Waals surface area contributed by atoms with Crippen molar-refractivity contribution in [2.75, 3.05) is 32.7 Å². The zero-order valence-corrected chi connectivity index (χ0v) is 17.6. The number of nitrogens with zero attached hydrogens (tertiary/aromatic N) is 2. The third-order valence-corrected chi connectivity index (χ3v) is 6.93. The van der Waals surface area contributed by atoms with Crippen LogP contribution in [0.2, 0.25) is 0 Å². The molecule has 1 aromatic rings. The SMILES string of the molecule is O=C1CC2CCCCN2CCCN(C(=O)C2Cc3ccccc3C2)CCCCN1. The first-order valence-corrected chi connectivity index (χ1v) is 11.6. The summed E-state index contributed by atoms with van der Waals surface area (Å²) < 4.78 is 0. The summed E-state index contributed by atoms with van der Waals surface area (Å²) in [6, 6.07) is 8.86. The summed E-state index contributed by atoms with van der Waals surface area (Å²) in [6.45, 7) is 4.46. The maximum atomic E-state index is 13.3. The van der Waals surface area contributed by atoms with Crippen LogP contribution in [0.15, 0.2) is 24.3 Å². The second kappa shape index (κ2) is 9.75. The summed E-state index contributed by atoms with van der Waals surface area (Å²) >= 11 is 0. The third-order valence-electron chi connectivity index (χ3n) is 6.93. The molecule has 1 atom stereocenters. The van der Waals surface area contributed by atoms with E-state index < -0.39 is 0 Å². The van der Waals surface area contributed by atoms with Crippen molar-refractivity contribution in [3.05, 3.63) is 35.4 Å². The molecule has 2 heterocycles. The molecule has 5 nitrogen and oxygen atoms in total. The second-order valence-electron chi connectivity index (χ2n) is 9.00. The Balaban J connectivity index is 1.39. The molecule has 1 aliphatic carbocycles.